The molecule has 186 valence electrons. The molecule has 0 radical (unpaired) electrons. The van der Waals surface area contributed by atoms with Crippen LogP contribution in [0.25, 0.3) is 0 Å². The fourth-order valence-electron chi connectivity index (χ4n) is 4.10. The molecule has 0 saturated carbocycles. The first-order valence-corrected chi connectivity index (χ1v) is 13.7. The SMILES string of the molecule is CCOc1ccc(N(CC(=O)NCCCN2CCCCCC2)S(=O)(=O)c2ccc(C)cc2)cc1. The number of sulfonamides is 1. The molecule has 2 aromatic rings. The number of likely N-dealkylation sites (tertiary alicyclic amines) is 1. The van der Waals surface area contributed by atoms with Crippen LogP contribution in [0.3, 0.4) is 0 Å². The van der Waals surface area contributed by atoms with Gasteiger partial charge in [-0.1, -0.05) is 30.5 Å². The van der Waals surface area contributed by atoms with Crippen molar-refractivity contribution in [2.75, 3.05) is 43.6 Å². The molecule has 34 heavy (non-hydrogen) atoms. The quantitative estimate of drug-likeness (QED) is 0.485. The number of amides is 1. The van der Waals surface area contributed by atoms with E-state index in [9.17, 15) is 13.2 Å². The monoisotopic (exact) mass is 487 g/mol. The van der Waals surface area contributed by atoms with Crippen molar-refractivity contribution in [3.8, 4) is 5.75 Å². The molecule has 0 aromatic heterocycles. The standard InChI is InChI=1S/C26H37N3O4S/c1-3-33-24-13-11-23(12-14-24)29(34(31,32)25-15-9-22(2)10-16-25)21-26(30)27-17-8-20-28-18-6-4-5-7-19-28/h9-16H,3-8,17-21H2,1-2H3,(H,27,30). The molecule has 1 fully saturated rings. The molecular weight excluding hydrogens is 450 g/mol. The van der Waals surface area contributed by atoms with Gasteiger partial charge in [-0.3, -0.25) is 9.10 Å². The van der Waals surface area contributed by atoms with E-state index >= 15 is 0 Å². The highest BCUT2D eigenvalue weighted by molar-refractivity contribution is 7.92. The first-order chi connectivity index (χ1) is 16.4. The summed E-state index contributed by atoms with van der Waals surface area (Å²) in [7, 11) is -3.92. The van der Waals surface area contributed by atoms with Crippen LogP contribution >= 0.6 is 0 Å². The number of rotatable bonds is 11. The van der Waals surface area contributed by atoms with E-state index < -0.39 is 10.0 Å². The summed E-state index contributed by atoms with van der Waals surface area (Å²) in [6.45, 7) is 7.74. The maximum absolute atomic E-state index is 13.5. The summed E-state index contributed by atoms with van der Waals surface area (Å²) in [4.78, 5) is 15.4. The van der Waals surface area contributed by atoms with Crippen LogP contribution in [0.15, 0.2) is 53.4 Å². The topological polar surface area (TPSA) is 79.0 Å². The van der Waals surface area contributed by atoms with Crippen molar-refractivity contribution in [1.82, 2.24) is 10.2 Å². The molecule has 1 amide bonds. The van der Waals surface area contributed by atoms with E-state index in [-0.39, 0.29) is 17.3 Å². The Kier molecular flexibility index (Phi) is 9.77. The summed E-state index contributed by atoms with van der Waals surface area (Å²) in [6, 6.07) is 13.4. The van der Waals surface area contributed by atoms with Gasteiger partial charge < -0.3 is 15.0 Å². The Morgan fingerprint density at radius 2 is 1.65 bits per heavy atom. The molecule has 0 atom stereocenters. The Morgan fingerprint density at radius 3 is 2.26 bits per heavy atom. The fraction of sp³-hybridized carbons (Fsp3) is 0.500. The lowest BCUT2D eigenvalue weighted by Crippen LogP contribution is -2.41. The van der Waals surface area contributed by atoms with Gasteiger partial charge in [0.25, 0.3) is 10.0 Å². The zero-order chi connectivity index (χ0) is 24.4. The molecule has 0 bridgehead atoms. The van der Waals surface area contributed by atoms with Crippen LogP contribution in [-0.4, -0.2) is 58.6 Å². The van der Waals surface area contributed by atoms with Crippen LogP contribution in [0.2, 0.25) is 0 Å². The molecule has 8 heteroatoms. The zero-order valence-electron chi connectivity index (χ0n) is 20.3. The van der Waals surface area contributed by atoms with Crippen LogP contribution in [0.5, 0.6) is 5.75 Å². The molecule has 1 aliphatic heterocycles. The largest absolute Gasteiger partial charge is 0.494 e. The summed E-state index contributed by atoms with van der Waals surface area (Å²) < 4.78 is 33.6. The van der Waals surface area contributed by atoms with Crippen molar-refractivity contribution in [3.63, 3.8) is 0 Å². The maximum atomic E-state index is 13.5. The van der Waals surface area contributed by atoms with Gasteiger partial charge in [0.1, 0.15) is 12.3 Å². The molecule has 2 aromatic carbocycles. The van der Waals surface area contributed by atoms with Crippen molar-refractivity contribution in [2.24, 2.45) is 0 Å². The Balaban J connectivity index is 1.67. The molecule has 1 N–H and O–H groups in total. The number of nitrogens with zero attached hydrogens (tertiary/aromatic N) is 2. The third kappa shape index (κ3) is 7.46. The van der Waals surface area contributed by atoms with Gasteiger partial charge in [-0.05, 0) is 89.1 Å². The maximum Gasteiger partial charge on any atom is 0.264 e. The minimum absolute atomic E-state index is 0.154. The number of hydrogen-bond acceptors (Lipinski definition) is 5. The predicted octanol–water partition coefficient (Wildman–Crippen LogP) is 3.97. The Bertz CT molecular complexity index is 999. The van der Waals surface area contributed by atoms with Crippen LogP contribution in [0.4, 0.5) is 5.69 Å². The first-order valence-electron chi connectivity index (χ1n) is 12.2. The second-order valence-electron chi connectivity index (χ2n) is 8.71. The summed E-state index contributed by atoms with van der Waals surface area (Å²) >= 11 is 0. The number of benzene rings is 2. The number of hydrogen-bond donors (Lipinski definition) is 1. The van der Waals surface area contributed by atoms with Gasteiger partial charge in [-0.25, -0.2) is 8.42 Å². The van der Waals surface area contributed by atoms with Crippen LogP contribution in [-0.2, 0) is 14.8 Å². The summed E-state index contributed by atoms with van der Waals surface area (Å²) in [5, 5.41) is 2.91. The lowest BCUT2D eigenvalue weighted by Gasteiger charge is -2.24. The van der Waals surface area contributed by atoms with Gasteiger partial charge in [0.2, 0.25) is 5.91 Å². The van der Waals surface area contributed by atoms with Gasteiger partial charge >= 0.3 is 0 Å². The number of carbonyl (C=O) groups is 1. The summed E-state index contributed by atoms with van der Waals surface area (Å²) in [5.74, 6) is 0.331. The van der Waals surface area contributed by atoms with E-state index in [4.69, 9.17) is 4.74 Å². The molecule has 7 nitrogen and oxygen atoms in total. The van der Waals surface area contributed by atoms with E-state index in [1.54, 1.807) is 48.5 Å². The van der Waals surface area contributed by atoms with Crippen LogP contribution in [0.1, 0.15) is 44.6 Å². The molecule has 1 aliphatic rings. The van der Waals surface area contributed by atoms with Crippen LogP contribution in [0, 0.1) is 6.92 Å². The summed E-state index contributed by atoms with van der Waals surface area (Å²) in [5.41, 5.74) is 1.39. The molecule has 0 aliphatic carbocycles. The van der Waals surface area contributed by atoms with E-state index in [1.165, 1.54) is 25.7 Å². The smallest absolute Gasteiger partial charge is 0.264 e. The highest BCUT2D eigenvalue weighted by Crippen LogP contribution is 2.26. The minimum Gasteiger partial charge on any atom is -0.494 e. The molecule has 0 spiro atoms. The number of anilines is 1. The lowest BCUT2D eigenvalue weighted by atomic mass is 10.2. The Morgan fingerprint density at radius 1 is 1.00 bits per heavy atom. The molecule has 1 heterocycles. The van der Waals surface area contributed by atoms with Crippen molar-refractivity contribution in [3.05, 3.63) is 54.1 Å². The second-order valence-corrected chi connectivity index (χ2v) is 10.6. The number of ether oxygens (including phenoxy) is 1. The normalized spacial score (nSPS) is 14.9. The van der Waals surface area contributed by atoms with Crippen molar-refractivity contribution in [2.45, 2.75) is 50.8 Å². The van der Waals surface area contributed by atoms with E-state index in [0.29, 0.717) is 24.6 Å². The van der Waals surface area contributed by atoms with Crippen molar-refractivity contribution in [1.29, 1.82) is 0 Å². The lowest BCUT2D eigenvalue weighted by molar-refractivity contribution is -0.119. The Labute approximate surface area is 204 Å². The molecule has 3 rings (SSSR count). The number of aryl methyl sites for hydroxylation is 1. The molecule has 1 saturated heterocycles. The van der Waals surface area contributed by atoms with Gasteiger partial charge in [0, 0.05) is 6.54 Å². The minimum atomic E-state index is -3.92. The third-order valence-electron chi connectivity index (χ3n) is 6.00. The van der Waals surface area contributed by atoms with E-state index in [0.717, 1.165) is 35.9 Å². The fourth-order valence-corrected chi connectivity index (χ4v) is 5.53. The number of nitrogens with one attached hydrogen (secondary N) is 1. The average molecular weight is 488 g/mol. The average Bonchev–Trinajstić information content (AvgIpc) is 3.10. The van der Waals surface area contributed by atoms with Crippen molar-refractivity contribution >= 4 is 21.6 Å². The highest BCUT2D eigenvalue weighted by atomic mass is 32.2. The highest BCUT2D eigenvalue weighted by Gasteiger charge is 2.27. The molecule has 0 unspecified atom stereocenters. The van der Waals surface area contributed by atoms with Crippen LogP contribution < -0.4 is 14.4 Å². The van der Waals surface area contributed by atoms with Gasteiger partial charge in [0.05, 0.1) is 17.2 Å². The zero-order valence-corrected chi connectivity index (χ0v) is 21.1. The number of carbonyl (C=O) groups excluding carboxylic acids is 1. The predicted molar refractivity (Wildman–Crippen MR) is 136 cm³/mol. The van der Waals surface area contributed by atoms with Gasteiger partial charge in [-0.2, -0.15) is 0 Å². The molecular formula is C26H37N3O4S. The second kappa shape index (κ2) is 12.8. The van der Waals surface area contributed by atoms with E-state index in [1.807, 2.05) is 13.8 Å². The van der Waals surface area contributed by atoms with Gasteiger partial charge in [-0.15, -0.1) is 0 Å². The van der Waals surface area contributed by atoms with E-state index in [2.05, 4.69) is 10.2 Å². The Hall–Kier alpha value is -2.58. The van der Waals surface area contributed by atoms with Gasteiger partial charge in [0.15, 0.2) is 0 Å². The third-order valence-corrected chi connectivity index (χ3v) is 7.79. The van der Waals surface area contributed by atoms with Crippen molar-refractivity contribution < 1.29 is 17.9 Å². The first kappa shape index (κ1) is 26.0. The summed E-state index contributed by atoms with van der Waals surface area (Å²) in [6.07, 6.45) is 5.91.